The standard InChI is InChI=1S/C18H16FN3O3/c1-21(10-11-25-14-4-2-13(19)3-5-14)17-6-7-18(22(23)24)16-12-20-9-8-15(16)17/h2-9,12H,10-11H2,1H3. The molecular formula is C18H16FN3O3. The number of aromatic nitrogens is 1. The molecule has 3 rings (SSSR count). The topological polar surface area (TPSA) is 68.5 Å². The number of halogens is 1. The highest BCUT2D eigenvalue weighted by Gasteiger charge is 2.16. The number of nitro groups is 1. The molecular weight excluding hydrogens is 325 g/mol. The van der Waals surface area contributed by atoms with Gasteiger partial charge in [0.15, 0.2) is 0 Å². The third kappa shape index (κ3) is 3.65. The second-order valence-electron chi connectivity index (χ2n) is 5.51. The van der Waals surface area contributed by atoms with Crippen molar-refractivity contribution in [2.75, 3.05) is 25.1 Å². The fourth-order valence-electron chi connectivity index (χ4n) is 2.60. The summed E-state index contributed by atoms with van der Waals surface area (Å²) in [5.74, 6) is 0.281. The van der Waals surface area contributed by atoms with E-state index in [-0.39, 0.29) is 11.5 Å². The number of benzene rings is 2. The van der Waals surface area contributed by atoms with E-state index in [9.17, 15) is 14.5 Å². The highest BCUT2D eigenvalue weighted by atomic mass is 19.1. The first-order chi connectivity index (χ1) is 12.1. The Bertz CT molecular complexity index is 900. The molecule has 0 bridgehead atoms. The Morgan fingerprint density at radius 3 is 2.64 bits per heavy atom. The number of anilines is 1. The van der Waals surface area contributed by atoms with Crippen molar-refractivity contribution >= 4 is 22.1 Å². The summed E-state index contributed by atoms with van der Waals surface area (Å²) in [7, 11) is 1.88. The lowest BCUT2D eigenvalue weighted by atomic mass is 10.1. The molecule has 0 unspecified atom stereocenters. The smallest absolute Gasteiger partial charge is 0.278 e. The summed E-state index contributed by atoms with van der Waals surface area (Å²) in [4.78, 5) is 16.7. The lowest BCUT2D eigenvalue weighted by molar-refractivity contribution is -0.383. The molecule has 25 heavy (non-hydrogen) atoms. The van der Waals surface area contributed by atoms with Crippen LogP contribution in [-0.4, -0.2) is 30.1 Å². The van der Waals surface area contributed by atoms with Crippen LogP contribution in [0.3, 0.4) is 0 Å². The summed E-state index contributed by atoms with van der Waals surface area (Å²) < 4.78 is 18.5. The van der Waals surface area contributed by atoms with Crippen LogP contribution < -0.4 is 9.64 Å². The molecule has 0 aliphatic carbocycles. The summed E-state index contributed by atoms with van der Waals surface area (Å²) in [6, 6.07) is 10.8. The first-order valence-electron chi connectivity index (χ1n) is 7.67. The van der Waals surface area contributed by atoms with Gasteiger partial charge in [0.25, 0.3) is 5.69 Å². The van der Waals surface area contributed by atoms with Gasteiger partial charge in [-0.1, -0.05) is 0 Å². The van der Waals surface area contributed by atoms with Gasteiger partial charge in [0.1, 0.15) is 18.2 Å². The number of fused-ring (bicyclic) bond motifs is 1. The van der Waals surface area contributed by atoms with Crippen LogP contribution in [0.1, 0.15) is 0 Å². The average Bonchev–Trinajstić information content (AvgIpc) is 2.62. The Morgan fingerprint density at radius 1 is 1.16 bits per heavy atom. The van der Waals surface area contributed by atoms with Gasteiger partial charge in [0.2, 0.25) is 0 Å². The minimum absolute atomic E-state index is 0.0304. The number of hydrogen-bond donors (Lipinski definition) is 0. The molecule has 0 saturated carbocycles. The van der Waals surface area contributed by atoms with Crippen molar-refractivity contribution in [3.05, 3.63) is 70.8 Å². The van der Waals surface area contributed by atoms with Crippen LogP contribution >= 0.6 is 0 Å². The van der Waals surface area contributed by atoms with Gasteiger partial charge in [0, 0.05) is 36.6 Å². The van der Waals surface area contributed by atoms with Crippen LogP contribution in [0, 0.1) is 15.9 Å². The number of hydrogen-bond acceptors (Lipinski definition) is 5. The second kappa shape index (κ2) is 7.12. The fourth-order valence-corrected chi connectivity index (χ4v) is 2.60. The van der Waals surface area contributed by atoms with E-state index < -0.39 is 4.92 Å². The fraction of sp³-hybridized carbons (Fsp3) is 0.167. The molecule has 0 fully saturated rings. The van der Waals surface area contributed by atoms with Crippen molar-refractivity contribution in [3.63, 3.8) is 0 Å². The molecule has 0 spiro atoms. The van der Waals surface area contributed by atoms with Crippen molar-refractivity contribution in [1.82, 2.24) is 4.98 Å². The van der Waals surface area contributed by atoms with E-state index in [2.05, 4.69) is 4.98 Å². The average molecular weight is 341 g/mol. The molecule has 128 valence electrons. The number of pyridine rings is 1. The van der Waals surface area contributed by atoms with E-state index in [1.807, 2.05) is 11.9 Å². The van der Waals surface area contributed by atoms with Crippen molar-refractivity contribution in [1.29, 1.82) is 0 Å². The van der Waals surface area contributed by atoms with E-state index in [0.29, 0.717) is 24.3 Å². The van der Waals surface area contributed by atoms with E-state index in [1.54, 1.807) is 30.5 Å². The largest absolute Gasteiger partial charge is 0.492 e. The number of rotatable bonds is 6. The summed E-state index contributed by atoms with van der Waals surface area (Å²) in [6.07, 6.45) is 3.11. The summed E-state index contributed by atoms with van der Waals surface area (Å²) >= 11 is 0. The molecule has 0 saturated heterocycles. The predicted octanol–water partition coefficient (Wildman–Crippen LogP) is 3.80. The molecule has 2 aromatic carbocycles. The molecule has 3 aromatic rings. The lowest BCUT2D eigenvalue weighted by Gasteiger charge is -2.21. The molecule has 0 amide bonds. The highest BCUT2D eigenvalue weighted by Crippen LogP contribution is 2.32. The van der Waals surface area contributed by atoms with Crippen LogP contribution in [0.4, 0.5) is 15.8 Å². The Morgan fingerprint density at radius 2 is 1.92 bits per heavy atom. The van der Waals surface area contributed by atoms with Gasteiger partial charge < -0.3 is 9.64 Å². The molecule has 0 aliphatic heterocycles. The number of nitrogens with zero attached hydrogens (tertiary/aromatic N) is 3. The third-order valence-corrected chi connectivity index (χ3v) is 3.89. The van der Waals surface area contributed by atoms with E-state index >= 15 is 0 Å². The SMILES string of the molecule is CN(CCOc1ccc(F)cc1)c1ccc([N+](=O)[O-])c2cnccc12. The highest BCUT2D eigenvalue weighted by molar-refractivity contribution is 5.99. The maximum absolute atomic E-state index is 12.9. The minimum Gasteiger partial charge on any atom is -0.492 e. The first kappa shape index (κ1) is 16.6. The maximum Gasteiger partial charge on any atom is 0.278 e. The number of ether oxygens (including phenoxy) is 1. The molecule has 6 nitrogen and oxygen atoms in total. The summed E-state index contributed by atoms with van der Waals surface area (Å²) in [5.41, 5.74) is 0.883. The molecule has 0 N–H and O–H groups in total. The zero-order chi connectivity index (χ0) is 17.8. The van der Waals surface area contributed by atoms with Crippen molar-refractivity contribution < 1.29 is 14.1 Å². The minimum atomic E-state index is -0.411. The summed E-state index contributed by atoms with van der Waals surface area (Å²) in [6.45, 7) is 0.957. The maximum atomic E-state index is 12.9. The van der Waals surface area contributed by atoms with Gasteiger partial charge in [-0.25, -0.2) is 4.39 Å². The Kier molecular flexibility index (Phi) is 4.74. The van der Waals surface area contributed by atoms with Gasteiger partial charge in [-0.15, -0.1) is 0 Å². The number of nitro benzene ring substituents is 1. The number of likely N-dealkylation sites (N-methyl/N-ethyl adjacent to an activating group) is 1. The molecule has 1 heterocycles. The van der Waals surface area contributed by atoms with Crippen LogP contribution in [0.25, 0.3) is 10.8 Å². The van der Waals surface area contributed by atoms with E-state index in [1.165, 1.54) is 24.4 Å². The molecule has 0 aliphatic rings. The Hall–Kier alpha value is -3.22. The second-order valence-corrected chi connectivity index (χ2v) is 5.51. The van der Waals surface area contributed by atoms with Crippen LogP contribution in [0.2, 0.25) is 0 Å². The normalized spacial score (nSPS) is 10.6. The molecule has 0 radical (unpaired) electrons. The van der Waals surface area contributed by atoms with Gasteiger partial charge in [0.05, 0.1) is 16.9 Å². The van der Waals surface area contributed by atoms with Crippen LogP contribution in [0.15, 0.2) is 54.9 Å². The number of non-ortho nitro benzene ring substituents is 1. The van der Waals surface area contributed by atoms with Crippen molar-refractivity contribution in [3.8, 4) is 5.75 Å². The monoisotopic (exact) mass is 341 g/mol. The predicted molar refractivity (Wildman–Crippen MR) is 93.6 cm³/mol. The van der Waals surface area contributed by atoms with Crippen molar-refractivity contribution in [2.45, 2.75) is 0 Å². The molecule has 1 aromatic heterocycles. The van der Waals surface area contributed by atoms with Gasteiger partial charge in [-0.05, 0) is 36.4 Å². The summed E-state index contributed by atoms with van der Waals surface area (Å²) in [5, 5.41) is 12.4. The lowest BCUT2D eigenvalue weighted by Crippen LogP contribution is -2.24. The molecule has 7 heteroatoms. The molecule has 0 atom stereocenters. The van der Waals surface area contributed by atoms with Crippen LogP contribution in [0.5, 0.6) is 5.75 Å². The quantitative estimate of drug-likeness (QED) is 0.504. The third-order valence-electron chi connectivity index (χ3n) is 3.89. The van der Waals surface area contributed by atoms with E-state index in [0.717, 1.165) is 11.1 Å². The first-order valence-corrected chi connectivity index (χ1v) is 7.67. The van der Waals surface area contributed by atoms with Crippen molar-refractivity contribution in [2.24, 2.45) is 0 Å². The zero-order valence-electron chi connectivity index (χ0n) is 13.6. The van der Waals surface area contributed by atoms with E-state index in [4.69, 9.17) is 4.74 Å². The Labute approximate surface area is 143 Å². The van der Waals surface area contributed by atoms with Gasteiger partial charge in [-0.3, -0.25) is 15.1 Å². The zero-order valence-corrected chi connectivity index (χ0v) is 13.6. The Balaban J connectivity index is 1.76. The van der Waals surface area contributed by atoms with Crippen LogP contribution in [-0.2, 0) is 0 Å². The van der Waals surface area contributed by atoms with Gasteiger partial charge in [-0.2, -0.15) is 0 Å². The van der Waals surface area contributed by atoms with Gasteiger partial charge >= 0.3 is 0 Å².